The summed E-state index contributed by atoms with van der Waals surface area (Å²) in [6.07, 6.45) is 2.24. The van der Waals surface area contributed by atoms with Gasteiger partial charge in [-0.15, -0.1) is 0 Å². The van der Waals surface area contributed by atoms with E-state index in [1.54, 1.807) is 19.2 Å². The maximum Gasteiger partial charge on any atom is 0.153 e. The fourth-order valence-electron chi connectivity index (χ4n) is 1.12. The largest absolute Gasteiger partial charge is 0.501 e. The van der Waals surface area contributed by atoms with Crippen molar-refractivity contribution >= 4 is 11.9 Å². The first-order chi connectivity index (χ1) is 7.31. The first kappa shape index (κ1) is 11.3. The SMILES string of the molecule is CCOC=C(C=O)c1ccc(OC)cc1. The highest BCUT2D eigenvalue weighted by Gasteiger charge is 2.00. The maximum atomic E-state index is 10.8. The highest BCUT2D eigenvalue weighted by atomic mass is 16.5. The van der Waals surface area contributed by atoms with Gasteiger partial charge in [-0.25, -0.2) is 0 Å². The van der Waals surface area contributed by atoms with E-state index in [2.05, 4.69) is 0 Å². The molecule has 0 fully saturated rings. The Morgan fingerprint density at radius 2 is 2.00 bits per heavy atom. The van der Waals surface area contributed by atoms with E-state index in [9.17, 15) is 4.79 Å². The molecule has 0 unspecified atom stereocenters. The number of hydrogen-bond acceptors (Lipinski definition) is 3. The van der Waals surface area contributed by atoms with Gasteiger partial charge in [0.15, 0.2) is 6.29 Å². The van der Waals surface area contributed by atoms with E-state index < -0.39 is 0 Å². The minimum atomic E-state index is 0.527. The fraction of sp³-hybridized carbons (Fsp3) is 0.250. The average Bonchev–Trinajstić information content (AvgIpc) is 2.31. The van der Waals surface area contributed by atoms with Crippen molar-refractivity contribution in [3.8, 4) is 5.75 Å². The van der Waals surface area contributed by atoms with Crippen LogP contribution in [0, 0.1) is 0 Å². The first-order valence-corrected chi connectivity index (χ1v) is 4.73. The topological polar surface area (TPSA) is 35.5 Å². The average molecular weight is 206 g/mol. The van der Waals surface area contributed by atoms with Gasteiger partial charge in [-0.1, -0.05) is 12.1 Å². The van der Waals surface area contributed by atoms with Gasteiger partial charge < -0.3 is 9.47 Å². The Morgan fingerprint density at radius 3 is 2.47 bits per heavy atom. The lowest BCUT2D eigenvalue weighted by Gasteiger charge is -2.03. The van der Waals surface area contributed by atoms with Crippen molar-refractivity contribution in [3.63, 3.8) is 0 Å². The second-order valence-corrected chi connectivity index (χ2v) is 2.87. The first-order valence-electron chi connectivity index (χ1n) is 4.73. The Morgan fingerprint density at radius 1 is 1.33 bits per heavy atom. The molecule has 0 spiro atoms. The number of aldehydes is 1. The van der Waals surface area contributed by atoms with Crippen molar-refractivity contribution in [1.82, 2.24) is 0 Å². The van der Waals surface area contributed by atoms with E-state index in [1.165, 1.54) is 6.26 Å². The second-order valence-electron chi connectivity index (χ2n) is 2.87. The number of hydrogen-bond donors (Lipinski definition) is 0. The third kappa shape index (κ3) is 3.13. The maximum absolute atomic E-state index is 10.8. The van der Waals surface area contributed by atoms with Crippen molar-refractivity contribution in [2.24, 2.45) is 0 Å². The molecule has 3 nitrogen and oxygen atoms in total. The van der Waals surface area contributed by atoms with Crippen LogP contribution in [0.4, 0.5) is 0 Å². The number of benzene rings is 1. The Kier molecular flexibility index (Phi) is 4.41. The van der Waals surface area contributed by atoms with Crippen LogP contribution in [0.3, 0.4) is 0 Å². The lowest BCUT2D eigenvalue weighted by molar-refractivity contribution is -0.103. The molecule has 0 aliphatic rings. The molecule has 0 heterocycles. The van der Waals surface area contributed by atoms with E-state index in [1.807, 2.05) is 19.1 Å². The third-order valence-electron chi connectivity index (χ3n) is 1.93. The van der Waals surface area contributed by atoms with Crippen molar-refractivity contribution in [3.05, 3.63) is 36.1 Å². The number of allylic oxidation sites excluding steroid dienone is 1. The van der Waals surface area contributed by atoms with Gasteiger partial charge in [0.1, 0.15) is 5.75 Å². The lowest BCUT2D eigenvalue weighted by Crippen LogP contribution is -1.89. The van der Waals surface area contributed by atoms with Crippen LogP contribution in [-0.2, 0) is 9.53 Å². The molecule has 1 aromatic rings. The zero-order valence-electron chi connectivity index (χ0n) is 8.90. The molecule has 1 rings (SSSR count). The van der Waals surface area contributed by atoms with Crippen LogP contribution in [0.1, 0.15) is 12.5 Å². The zero-order chi connectivity index (χ0) is 11.1. The molecule has 0 saturated heterocycles. The van der Waals surface area contributed by atoms with Gasteiger partial charge in [0.2, 0.25) is 0 Å². The number of carbonyl (C=O) groups excluding carboxylic acids is 1. The molecule has 80 valence electrons. The molecule has 15 heavy (non-hydrogen) atoms. The lowest BCUT2D eigenvalue weighted by atomic mass is 10.1. The van der Waals surface area contributed by atoms with E-state index >= 15 is 0 Å². The van der Waals surface area contributed by atoms with Crippen LogP contribution in [0.15, 0.2) is 30.5 Å². The van der Waals surface area contributed by atoms with Crippen LogP contribution >= 0.6 is 0 Å². The number of rotatable bonds is 5. The van der Waals surface area contributed by atoms with Crippen LogP contribution < -0.4 is 4.74 Å². The van der Waals surface area contributed by atoms with Crippen molar-refractivity contribution in [1.29, 1.82) is 0 Å². The highest BCUT2D eigenvalue weighted by Crippen LogP contribution is 2.17. The Hall–Kier alpha value is -1.77. The van der Waals surface area contributed by atoms with Crippen molar-refractivity contribution < 1.29 is 14.3 Å². The molecule has 0 aliphatic carbocycles. The van der Waals surface area contributed by atoms with Crippen molar-refractivity contribution in [2.75, 3.05) is 13.7 Å². The molecule has 0 aromatic heterocycles. The Balaban J connectivity index is 2.87. The molecule has 0 N–H and O–H groups in total. The van der Waals surface area contributed by atoms with Gasteiger partial charge >= 0.3 is 0 Å². The highest BCUT2D eigenvalue weighted by molar-refractivity contribution is 6.06. The molecule has 0 saturated carbocycles. The van der Waals surface area contributed by atoms with E-state index in [-0.39, 0.29) is 0 Å². The molecule has 0 bridgehead atoms. The Bertz CT molecular complexity index is 338. The van der Waals surface area contributed by atoms with Gasteiger partial charge in [0.25, 0.3) is 0 Å². The number of carbonyl (C=O) groups is 1. The standard InChI is InChI=1S/C12H14O3/c1-3-15-9-11(8-13)10-4-6-12(14-2)7-5-10/h4-9H,3H2,1-2H3. The van der Waals surface area contributed by atoms with E-state index in [0.717, 1.165) is 17.6 Å². The number of methoxy groups -OCH3 is 1. The summed E-state index contributed by atoms with van der Waals surface area (Å²) in [7, 11) is 1.60. The summed E-state index contributed by atoms with van der Waals surface area (Å²) < 4.78 is 10.1. The molecule has 0 atom stereocenters. The van der Waals surface area contributed by atoms with Gasteiger partial charge in [0.05, 0.1) is 25.6 Å². The van der Waals surface area contributed by atoms with E-state index in [0.29, 0.717) is 12.2 Å². The fourth-order valence-corrected chi connectivity index (χ4v) is 1.12. The summed E-state index contributed by atoms with van der Waals surface area (Å²) in [5.41, 5.74) is 1.35. The smallest absolute Gasteiger partial charge is 0.153 e. The molecule has 3 heteroatoms. The molecule has 1 aromatic carbocycles. The normalized spacial score (nSPS) is 10.9. The molecule has 0 radical (unpaired) electrons. The summed E-state index contributed by atoms with van der Waals surface area (Å²) in [6, 6.07) is 7.24. The van der Waals surface area contributed by atoms with Crippen LogP contribution in [0.5, 0.6) is 5.75 Å². The molecule has 0 amide bonds. The third-order valence-corrected chi connectivity index (χ3v) is 1.93. The minimum absolute atomic E-state index is 0.527. The van der Waals surface area contributed by atoms with Crippen LogP contribution in [-0.4, -0.2) is 20.0 Å². The second kappa shape index (κ2) is 5.86. The summed E-state index contributed by atoms with van der Waals surface area (Å²) in [4.78, 5) is 10.8. The predicted molar refractivity (Wildman–Crippen MR) is 58.7 cm³/mol. The molecular weight excluding hydrogens is 192 g/mol. The van der Waals surface area contributed by atoms with Gasteiger partial charge in [0, 0.05) is 0 Å². The minimum Gasteiger partial charge on any atom is -0.501 e. The number of ether oxygens (including phenoxy) is 2. The summed E-state index contributed by atoms with van der Waals surface area (Å²) in [5.74, 6) is 0.764. The van der Waals surface area contributed by atoms with Crippen LogP contribution in [0.25, 0.3) is 5.57 Å². The Labute approximate surface area is 89.3 Å². The summed E-state index contributed by atoms with van der Waals surface area (Å²) in [6.45, 7) is 2.42. The quantitative estimate of drug-likeness (QED) is 0.421. The molecular formula is C12H14O3. The summed E-state index contributed by atoms with van der Waals surface area (Å²) >= 11 is 0. The monoisotopic (exact) mass is 206 g/mol. The zero-order valence-corrected chi connectivity index (χ0v) is 8.90. The van der Waals surface area contributed by atoms with Crippen molar-refractivity contribution in [2.45, 2.75) is 6.92 Å². The predicted octanol–water partition coefficient (Wildman–Crippen LogP) is 2.27. The summed E-state index contributed by atoms with van der Waals surface area (Å²) in [5, 5.41) is 0. The van der Waals surface area contributed by atoms with Gasteiger partial charge in [-0.3, -0.25) is 4.79 Å². The van der Waals surface area contributed by atoms with E-state index in [4.69, 9.17) is 9.47 Å². The van der Waals surface area contributed by atoms with Gasteiger partial charge in [-0.2, -0.15) is 0 Å². The van der Waals surface area contributed by atoms with Crippen LogP contribution in [0.2, 0.25) is 0 Å². The molecule has 0 aliphatic heterocycles. The van der Waals surface area contributed by atoms with Gasteiger partial charge in [-0.05, 0) is 24.6 Å².